The van der Waals surface area contributed by atoms with Crippen LogP contribution in [0.15, 0.2) is 36.8 Å². The van der Waals surface area contributed by atoms with Gasteiger partial charge in [0.25, 0.3) is 0 Å². The van der Waals surface area contributed by atoms with Crippen molar-refractivity contribution in [3.63, 3.8) is 0 Å². The van der Waals surface area contributed by atoms with Gasteiger partial charge in [0.1, 0.15) is 0 Å². The minimum Gasteiger partial charge on any atom is -0.271 e. The Morgan fingerprint density at radius 3 is 2.67 bits per heavy atom. The maximum atomic E-state index is 5.60. The summed E-state index contributed by atoms with van der Waals surface area (Å²) in [7, 11) is 0. The summed E-state index contributed by atoms with van der Waals surface area (Å²) in [5, 5.41) is 0. The average Bonchev–Trinajstić information content (AvgIpc) is 2.41. The summed E-state index contributed by atoms with van der Waals surface area (Å²) in [4.78, 5) is 8.35. The first-order chi connectivity index (χ1) is 8.70. The minimum absolute atomic E-state index is 0.0131. The average molecular weight is 242 g/mol. The molecule has 2 aromatic rings. The van der Waals surface area contributed by atoms with Crippen LogP contribution in [0.25, 0.3) is 0 Å². The van der Waals surface area contributed by atoms with Crippen LogP contribution in [0.1, 0.15) is 28.4 Å². The van der Waals surface area contributed by atoms with E-state index in [1.807, 2.05) is 0 Å². The lowest BCUT2D eigenvalue weighted by Crippen LogP contribution is -2.30. The standard InChI is InChI=1S/C14H18N4/c1-10-3-4-12(7-11(10)2)8-13(18-15)14-9-16-5-6-17-14/h3-7,9,13,18H,8,15H2,1-2H3. The highest BCUT2D eigenvalue weighted by Gasteiger charge is 2.12. The lowest BCUT2D eigenvalue weighted by Gasteiger charge is -2.15. The second-order valence-electron chi connectivity index (χ2n) is 4.47. The van der Waals surface area contributed by atoms with Gasteiger partial charge in [0.15, 0.2) is 0 Å². The third kappa shape index (κ3) is 2.91. The van der Waals surface area contributed by atoms with Crippen molar-refractivity contribution in [3.05, 3.63) is 59.2 Å². The van der Waals surface area contributed by atoms with Gasteiger partial charge in [0, 0.05) is 12.4 Å². The number of nitrogens with zero attached hydrogens (tertiary/aromatic N) is 2. The smallest absolute Gasteiger partial charge is 0.0772 e. The van der Waals surface area contributed by atoms with Gasteiger partial charge < -0.3 is 0 Å². The number of hydrogen-bond donors (Lipinski definition) is 2. The van der Waals surface area contributed by atoms with E-state index in [0.29, 0.717) is 0 Å². The van der Waals surface area contributed by atoms with Crippen LogP contribution in [-0.2, 0) is 6.42 Å². The minimum atomic E-state index is -0.0131. The first-order valence-corrected chi connectivity index (χ1v) is 5.99. The second kappa shape index (κ2) is 5.71. The van der Waals surface area contributed by atoms with Crippen molar-refractivity contribution >= 4 is 0 Å². The molecule has 1 aromatic carbocycles. The molecule has 0 saturated heterocycles. The Kier molecular flexibility index (Phi) is 4.02. The van der Waals surface area contributed by atoms with Crippen molar-refractivity contribution in [2.45, 2.75) is 26.3 Å². The van der Waals surface area contributed by atoms with E-state index in [0.717, 1.165) is 12.1 Å². The predicted octanol–water partition coefficient (Wildman–Crippen LogP) is 1.84. The highest BCUT2D eigenvalue weighted by atomic mass is 15.2. The summed E-state index contributed by atoms with van der Waals surface area (Å²) in [6, 6.07) is 6.44. The fraction of sp³-hybridized carbons (Fsp3) is 0.286. The lowest BCUT2D eigenvalue weighted by atomic mass is 10.00. The van der Waals surface area contributed by atoms with E-state index in [-0.39, 0.29) is 6.04 Å². The topological polar surface area (TPSA) is 63.8 Å². The van der Waals surface area contributed by atoms with E-state index in [1.54, 1.807) is 18.6 Å². The molecule has 0 aliphatic rings. The number of hydrogen-bond acceptors (Lipinski definition) is 4. The first kappa shape index (κ1) is 12.7. The van der Waals surface area contributed by atoms with E-state index < -0.39 is 0 Å². The van der Waals surface area contributed by atoms with E-state index >= 15 is 0 Å². The quantitative estimate of drug-likeness (QED) is 0.634. The van der Waals surface area contributed by atoms with Crippen LogP contribution in [0.5, 0.6) is 0 Å². The molecule has 2 rings (SSSR count). The maximum absolute atomic E-state index is 5.60. The monoisotopic (exact) mass is 242 g/mol. The Morgan fingerprint density at radius 1 is 1.22 bits per heavy atom. The van der Waals surface area contributed by atoms with Crippen molar-refractivity contribution in [3.8, 4) is 0 Å². The number of hydrazine groups is 1. The molecule has 0 aliphatic carbocycles. The molecule has 1 atom stereocenters. The van der Waals surface area contributed by atoms with Crippen molar-refractivity contribution in [2.75, 3.05) is 0 Å². The fourth-order valence-corrected chi connectivity index (χ4v) is 1.91. The van der Waals surface area contributed by atoms with Crippen LogP contribution < -0.4 is 11.3 Å². The van der Waals surface area contributed by atoms with Crippen LogP contribution in [0.2, 0.25) is 0 Å². The molecule has 4 heteroatoms. The van der Waals surface area contributed by atoms with Crippen molar-refractivity contribution in [2.24, 2.45) is 5.84 Å². The van der Waals surface area contributed by atoms with Gasteiger partial charge in [0.2, 0.25) is 0 Å². The summed E-state index contributed by atoms with van der Waals surface area (Å²) < 4.78 is 0. The molecule has 1 heterocycles. The summed E-state index contributed by atoms with van der Waals surface area (Å²) in [5.74, 6) is 5.60. The van der Waals surface area contributed by atoms with Gasteiger partial charge in [-0.3, -0.25) is 21.2 Å². The Balaban J connectivity index is 2.18. The van der Waals surface area contributed by atoms with Crippen LogP contribution in [0.3, 0.4) is 0 Å². The highest BCUT2D eigenvalue weighted by molar-refractivity contribution is 5.30. The molecule has 0 radical (unpaired) electrons. The predicted molar refractivity (Wildman–Crippen MR) is 71.7 cm³/mol. The van der Waals surface area contributed by atoms with Gasteiger partial charge in [-0.2, -0.15) is 0 Å². The SMILES string of the molecule is Cc1ccc(CC(NN)c2cnccn2)cc1C. The highest BCUT2D eigenvalue weighted by Crippen LogP contribution is 2.17. The second-order valence-corrected chi connectivity index (χ2v) is 4.47. The molecule has 3 N–H and O–H groups in total. The Morgan fingerprint density at radius 2 is 2.06 bits per heavy atom. The zero-order valence-corrected chi connectivity index (χ0v) is 10.7. The number of benzene rings is 1. The first-order valence-electron chi connectivity index (χ1n) is 5.99. The summed E-state index contributed by atoms with van der Waals surface area (Å²) >= 11 is 0. The Labute approximate surface area is 107 Å². The number of aromatic nitrogens is 2. The maximum Gasteiger partial charge on any atom is 0.0772 e. The van der Waals surface area contributed by atoms with Crippen LogP contribution in [-0.4, -0.2) is 9.97 Å². The van der Waals surface area contributed by atoms with E-state index in [2.05, 4.69) is 47.4 Å². The molecule has 0 spiro atoms. The molecule has 0 aliphatic heterocycles. The van der Waals surface area contributed by atoms with Crippen molar-refractivity contribution in [1.82, 2.24) is 15.4 Å². The van der Waals surface area contributed by atoms with Crippen LogP contribution in [0.4, 0.5) is 0 Å². The Hall–Kier alpha value is -1.78. The third-order valence-corrected chi connectivity index (χ3v) is 3.15. The van der Waals surface area contributed by atoms with Gasteiger partial charge in [-0.25, -0.2) is 0 Å². The van der Waals surface area contributed by atoms with Gasteiger partial charge in [-0.1, -0.05) is 18.2 Å². The third-order valence-electron chi connectivity index (χ3n) is 3.15. The summed E-state index contributed by atoms with van der Waals surface area (Å²) in [6.45, 7) is 4.23. The summed E-state index contributed by atoms with van der Waals surface area (Å²) in [5.41, 5.74) is 7.50. The zero-order chi connectivity index (χ0) is 13.0. The molecule has 4 nitrogen and oxygen atoms in total. The van der Waals surface area contributed by atoms with E-state index in [9.17, 15) is 0 Å². The normalized spacial score (nSPS) is 12.4. The van der Waals surface area contributed by atoms with Gasteiger partial charge in [-0.15, -0.1) is 0 Å². The number of rotatable bonds is 4. The molecule has 1 unspecified atom stereocenters. The largest absolute Gasteiger partial charge is 0.271 e. The molecular formula is C14H18N4. The Bertz CT molecular complexity index is 510. The number of nitrogens with one attached hydrogen (secondary N) is 1. The van der Waals surface area contributed by atoms with Crippen LogP contribution in [0, 0.1) is 13.8 Å². The summed E-state index contributed by atoms with van der Waals surface area (Å²) in [6.07, 6.45) is 5.88. The molecule has 94 valence electrons. The molecule has 18 heavy (non-hydrogen) atoms. The van der Waals surface area contributed by atoms with Crippen LogP contribution >= 0.6 is 0 Å². The van der Waals surface area contributed by atoms with Gasteiger partial charge in [0.05, 0.1) is 17.9 Å². The van der Waals surface area contributed by atoms with Crippen molar-refractivity contribution < 1.29 is 0 Å². The fourth-order valence-electron chi connectivity index (χ4n) is 1.91. The molecule has 1 aromatic heterocycles. The molecular weight excluding hydrogens is 224 g/mol. The van der Waals surface area contributed by atoms with E-state index in [4.69, 9.17) is 5.84 Å². The zero-order valence-electron chi connectivity index (χ0n) is 10.7. The van der Waals surface area contributed by atoms with Gasteiger partial charge in [-0.05, 0) is 37.0 Å². The molecule has 0 saturated carbocycles. The number of nitrogens with two attached hydrogens (primary N) is 1. The lowest BCUT2D eigenvalue weighted by molar-refractivity contribution is 0.536. The van der Waals surface area contributed by atoms with Gasteiger partial charge >= 0.3 is 0 Å². The van der Waals surface area contributed by atoms with Crippen molar-refractivity contribution in [1.29, 1.82) is 0 Å². The molecule has 0 fully saturated rings. The molecule has 0 bridgehead atoms. The van der Waals surface area contributed by atoms with E-state index in [1.165, 1.54) is 16.7 Å². The number of aryl methyl sites for hydroxylation is 2. The molecule has 0 amide bonds.